The van der Waals surface area contributed by atoms with Crippen molar-refractivity contribution in [1.29, 1.82) is 0 Å². The molecule has 0 unspecified atom stereocenters. The van der Waals surface area contributed by atoms with Gasteiger partial charge < -0.3 is 14.7 Å². The molecule has 1 aliphatic rings. The number of carbonyl (C=O) groups is 1. The van der Waals surface area contributed by atoms with Crippen LogP contribution in [0.1, 0.15) is 5.56 Å². The quantitative estimate of drug-likeness (QED) is 0.870. The number of amides is 1. The van der Waals surface area contributed by atoms with Gasteiger partial charge in [0.2, 0.25) is 5.91 Å². The molecule has 1 heterocycles. The van der Waals surface area contributed by atoms with Crippen molar-refractivity contribution in [3.05, 3.63) is 28.8 Å². The van der Waals surface area contributed by atoms with Crippen molar-refractivity contribution in [3.8, 4) is 5.75 Å². The molecule has 2 rings (SSSR count). The van der Waals surface area contributed by atoms with Crippen molar-refractivity contribution in [2.75, 3.05) is 26.3 Å². The highest BCUT2D eigenvalue weighted by molar-refractivity contribution is 6.32. The van der Waals surface area contributed by atoms with Gasteiger partial charge in [0.15, 0.2) is 0 Å². The molecule has 0 radical (unpaired) electrons. The van der Waals surface area contributed by atoms with E-state index in [0.29, 0.717) is 32.7 Å². The van der Waals surface area contributed by atoms with E-state index >= 15 is 0 Å². The second-order valence-electron chi connectivity index (χ2n) is 3.96. The molecule has 4 nitrogen and oxygen atoms in total. The maximum atomic E-state index is 11.9. The average Bonchev–Trinajstić information content (AvgIpc) is 2.35. The second kappa shape index (κ2) is 5.38. The van der Waals surface area contributed by atoms with Gasteiger partial charge in [-0.2, -0.15) is 0 Å². The van der Waals surface area contributed by atoms with Gasteiger partial charge in [-0.05, 0) is 17.7 Å². The third-order valence-corrected chi connectivity index (χ3v) is 3.03. The van der Waals surface area contributed by atoms with Gasteiger partial charge in [-0.3, -0.25) is 4.79 Å². The number of carbonyl (C=O) groups excluding carboxylic acids is 1. The number of hydrogen-bond donors (Lipinski definition) is 1. The molecule has 1 aliphatic heterocycles. The van der Waals surface area contributed by atoms with Crippen LogP contribution in [0.2, 0.25) is 5.02 Å². The first-order valence-electron chi connectivity index (χ1n) is 5.50. The number of hydrogen-bond acceptors (Lipinski definition) is 3. The number of aromatic hydroxyl groups is 1. The largest absolute Gasteiger partial charge is 0.506 e. The number of benzene rings is 1. The van der Waals surface area contributed by atoms with Crippen LogP contribution in [0.5, 0.6) is 5.75 Å². The van der Waals surface area contributed by atoms with Crippen molar-refractivity contribution in [3.63, 3.8) is 0 Å². The van der Waals surface area contributed by atoms with Crippen molar-refractivity contribution in [2.45, 2.75) is 6.42 Å². The van der Waals surface area contributed by atoms with Crippen LogP contribution >= 0.6 is 11.6 Å². The van der Waals surface area contributed by atoms with Gasteiger partial charge in [-0.1, -0.05) is 17.7 Å². The molecule has 92 valence electrons. The number of halogens is 1. The summed E-state index contributed by atoms with van der Waals surface area (Å²) in [6, 6.07) is 4.83. The Morgan fingerprint density at radius 2 is 2.12 bits per heavy atom. The normalized spacial score (nSPS) is 15.9. The van der Waals surface area contributed by atoms with Gasteiger partial charge in [0.25, 0.3) is 0 Å². The smallest absolute Gasteiger partial charge is 0.227 e. The third-order valence-electron chi connectivity index (χ3n) is 2.73. The summed E-state index contributed by atoms with van der Waals surface area (Å²) in [6.07, 6.45) is 0.306. The summed E-state index contributed by atoms with van der Waals surface area (Å²) in [7, 11) is 0. The molecular formula is C12H14ClNO3. The molecule has 0 saturated carbocycles. The zero-order valence-corrected chi connectivity index (χ0v) is 10.1. The fourth-order valence-electron chi connectivity index (χ4n) is 1.76. The van der Waals surface area contributed by atoms with Crippen LogP contribution < -0.4 is 0 Å². The summed E-state index contributed by atoms with van der Waals surface area (Å²) in [5.74, 6) is 0.101. The van der Waals surface area contributed by atoms with E-state index in [1.54, 1.807) is 17.0 Å². The standard InChI is InChI=1S/C12H14ClNO3/c13-10-7-9(1-2-11(10)15)8-12(16)14-3-5-17-6-4-14/h1-2,7,15H,3-6,8H2. The average molecular weight is 256 g/mol. The van der Waals surface area contributed by atoms with E-state index in [2.05, 4.69) is 0 Å². The Kier molecular flexibility index (Phi) is 3.86. The van der Waals surface area contributed by atoms with E-state index in [4.69, 9.17) is 16.3 Å². The van der Waals surface area contributed by atoms with Crippen LogP contribution in [0.3, 0.4) is 0 Å². The first-order valence-corrected chi connectivity index (χ1v) is 5.87. The van der Waals surface area contributed by atoms with Crippen LogP contribution in [-0.4, -0.2) is 42.2 Å². The molecule has 1 aromatic rings. The van der Waals surface area contributed by atoms with Crippen molar-refractivity contribution < 1.29 is 14.6 Å². The maximum absolute atomic E-state index is 11.9. The third kappa shape index (κ3) is 3.11. The molecule has 0 aliphatic carbocycles. The van der Waals surface area contributed by atoms with Gasteiger partial charge in [-0.15, -0.1) is 0 Å². The van der Waals surface area contributed by atoms with Crippen LogP contribution in [-0.2, 0) is 16.0 Å². The Hall–Kier alpha value is -1.26. The predicted octanol–water partition coefficient (Wildman–Crippen LogP) is 1.45. The fourth-order valence-corrected chi connectivity index (χ4v) is 1.96. The topological polar surface area (TPSA) is 49.8 Å². The summed E-state index contributed by atoms with van der Waals surface area (Å²) in [6.45, 7) is 2.49. The number of nitrogens with zero attached hydrogens (tertiary/aromatic N) is 1. The van der Waals surface area contributed by atoms with Crippen LogP contribution in [0.4, 0.5) is 0 Å². The highest BCUT2D eigenvalue weighted by Gasteiger charge is 2.17. The van der Waals surface area contributed by atoms with Gasteiger partial charge in [0.05, 0.1) is 24.7 Å². The van der Waals surface area contributed by atoms with Gasteiger partial charge in [0, 0.05) is 13.1 Å². The Morgan fingerprint density at radius 1 is 1.41 bits per heavy atom. The van der Waals surface area contributed by atoms with Crippen LogP contribution in [0.15, 0.2) is 18.2 Å². The van der Waals surface area contributed by atoms with Crippen LogP contribution in [0, 0.1) is 0 Å². The molecule has 5 heteroatoms. The molecule has 1 N–H and O–H groups in total. The first-order chi connectivity index (χ1) is 8.16. The zero-order chi connectivity index (χ0) is 12.3. The van der Waals surface area contributed by atoms with E-state index in [1.165, 1.54) is 6.07 Å². The minimum absolute atomic E-state index is 0.0363. The number of ether oxygens (including phenoxy) is 1. The van der Waals surface area contributed by atoms with E-state index in [9.17, 15) is 9.90 Å². The van der Waals surface area contributed by atoms with E-state index in [0.717, 1.165) is 5.56 Å². The SMILES string of the molecule is O=C(Cc1ccc(O)c(Cl)c1)N1CCOCC1. The number of phenolic OH excluding ortho intramolecular Hbond substituents is 1. The van der Waals surface area contributed by atoms with E-state index in [-0.39, 0.29) is 16.7 Å². The maximum Gasteiger partial charge on any atom is 0.227 e. The fraction of sp³-hybridized carbons (Fsp3) is 0.417. The molecule has 0 spiro atoms. The zero-order valence-electron chi connectivity index (χ0n) is 9.36. The van der Waals surface area contributed by atoms with Crippen molar-refractivity contribution in [1.82, 2.24) is 4.90 Å². The molecule has 17 heavy (non-hydrogen) atoms. The summed E-state index contributed by atoms with van der Waals surface area (Å²) in [5.41, 5.74) is 0.810. The lowest BCUT2D eigenvalue weighted by molar-refractivity contribution is -0.134. The summed E-state index contributed by atoms with van der Waals surface area (Å²) < 4.78 is 5.19. The summed E-state index contributed by atoms with van der Waals surface area (Å²) in [4.78, 5) is 13.7. The predicted molar refractivity (Wildman–Crippen MR) is 64.2 cm³/mol. The van der Waals surface area contributed by atoms with E-state index in [1.807, 2.05) is 0 Å². The lowest BCUT2D eigenvalue weighted by atomic mass is 10.1. The van der Waals surface area contributed by atoms with Gasteiger partial charge in [-0.25, -0.2) is 0 Å². The monoisotopic (exact) mass is 255 g/mol. The summed E-state index contributed by atoms with van der Waals surface area (Å²) >= 11 is 5.79. The Balaban J connectivity index is 1.99. The molecule has 0 aromatic heterocycles. The van der Waals surface area contributed by atoms with Crippen molar-refractivity contribution in [2.24, 2.45) is 0 Å². The number of phenols is 1. The Labute approximate surface area is 105 Å². The minimum atomic E-state index is 0.0363. The highest BCUT2D eigenvalue weighted by Crippen LogP contribution is 2.24. The van der Waals surface area contributed by atoms with Crippen molar-refractivity contribution >= 4 is 17.5 Å². The lowest BCUT2D eigenvalue weighted by Crippen LogP contribution is -2.41. The first kappa shape index (κ1) is 12.2. The lowest BCUT2D eigenvalue weighted by Gasteiger charge is -2.26. The molecule has 1 fully saturated rings. The Bertz CT molecular complexity index is 416. The molecule has 0 bridgehead atoms. The van der Waals surface area contributed by atoms with Gasteiger partial charge >= 0.3 is 0 Å². The molecule has 1 amide bonds. The minimum Gasteiger partial charge on any atom is -0.506 e. The molecule has 0 atom stereocenters. The van der Waals surface area contributed by atoms with E-state index < -0.39 is 0 Å². The van der Waals surface area contributed by atoms with Gasteiger partial charge in [0.1, 0.15) is 5.75 Å². The number of morpholine rings is 1. The molecular weight excluding hydrogens is 242 g/mol. The Morgan fingerprint density at radius 3 is 2.76 bits per heavy atom. The molecule has 1 aromatic carbocycles. The molecule has 1 saturated heterocycles. The number of rotatable bonds is 2. The summed E-state index contributed by atoms with van der Waals surface area (Å²) in [5, 5.41) is 9.56. The van der Waals surface area contributed by atoms with Crippen LogP contribution in [0.25, 0.3) is 0 Å². The highest BCUT2D eigenvalue weighted by atomic mass is 35.5. The second-order valence-corrected chi connectivity index (χ2v) is 4.36.